The van der Waals surface area contributed by atoms with Gasteiger partial charge < -0.3 is 0 Å². The van der Waals surface area contributed by atoms with Crippen molar-refractivity contribution in [2.45, 2.75) is 25.4 Å². The highest BCUT2D eigenvalue weighted by Gasteiger charge is 2.32. The highest BCUT2D eigenvalue weighted by molar-refractivity contribution is 7.89. The second kappa shape index (κ2) is 5.75. The van der Waals surface area contributed by atoms with Crippen LogP contribution in [0.1, 0.15) is 19.3 Å². The van der Waals surface area contributed by atoms with E-state index in [1.807, 2.05) is 0 Å². The highest BCUT2D eigenvalue weighted by atomic mass is 35.5. The molecule has 0 bridgehead atoms. The Morgan fingerprint density at radius 3 is 2.47 bits per heavy atom. The van der Waals surface area contributed by atoms with E-state index in [1.54, 1.807) is 0 Å². The number of hydrogen-bond donors (Lipinski definition) is 0. The fourth-order valence-electron chi connectivity index (χ4n) is 1.76. The van der Waals surface area contributed by atoms with Crippen LogP contribution < -0.4 is 0 Å². The van der Waals surface area contributed by atoms with E-state index in [4.69, 9.17) is 11.6 Å². The summed E-state index contributed by atoms with van der Waals surface area (Å²) >= 11 is 5.62. The van der Waals surface area contributed by atoms with Gasteiger partial charge in [0, 0.05) is 25.4 Å². The standard InChI is InChI=1S/C9H15ClF3NO2S/c10-6-8-2-4-14(7-8)17(15,16)5-1-3-9(11,12)13/h8H,1-7H2. The van der Waals surface area contributed by atoms with E-state index in [1.165, 1.54) is 4.31 Å². The van der Waals surface area contributed by atoms with Gasteiger partial charge in [0.2, 0.25) is 10.0 Å². The monoisotopic (exact) mass is 293 g/mol. The molecular weight excluding hydrogens is 279 g/mol. The summed E-state index contributed by atoms with van der Waals surface area (Å²) in [6, 6.07) is 0. The van der Waals surface area contributed by atoms with Gasteiger partial charge in [-0.3, -0.25) is 0 Å². The van der Waals surface area contributed by atoms with Crippen LogP contribution in [0, 0.1) is 5.92 Å². The summed E-state index contributed by atoms with van der Waals surface area (Å²) in [4.78, 5) is 0. The fraction of sp³-hybridized carbons (Fsp3) is 1.00. The first kappa shape index (κ1) is 15.0. The summed E-state index contributed by atoms with van der Waals surface area (Å²) in [5, 5.41) is 0. The number of sulfonamides is 1. The molecule has 1 fully saturated rings. The minimum absolute atomic E-state index is 0.119. The lowest BCUT2D eigenvalue weighted by molar-refractivity contribution is -0.134. The third-order valence-electron chi connectivity index (χ3n) is 2.72. The minimum atomic E-state index is -4.29. The zero-order chi connectivity index (χ0) is 13.1. The van der Waals surface area contributed by atoms with Crippen LogP contribution in [0.25, 0.3) is 0 Å². The molecule has 1 saturated heterocycles. The third kappa shape index (κ3) is 5.01. The molecule has 3 nitrogen and oxygen atoms in total. The van der Waals surface area contributed by atoms with Crippen molar-refractivity contribution in [3.63, 3.8) is 0 Å². The first-order valence-electron chi connectivity index (χ1n) is 5.35. The molecule has 1 unspecified atom stereocenters. The molecule has 0 saturated carbocycles. The lowest BCUT2D eigenvalue weighted by Crippen LogP contribution is -2.31. The van der Waals surface area contributed by atoms with Gasteiger partial charge in [0.1, 0.15) is 0 Å². The van der Waals surface area contributed by atoms with Crippen LogP contribution in [0.5, 0.6) is 0 Å². The maximum Gasteiger partial charge on any atom is 0.389 e. The van der Waals surface area contributed by atoms with Gasteiger partial charge in [-0.05, 0) is 18.8 Å². The Hall–Kier alpha value is -0.0100. The molecule has 17 heavy (non-hydrogen) atoms. The van der Waals surface area contributed by atoms with Crippen LogP contribution in [-0.2, 0) is 10.0 Å². The zero-order valence-corrected chi connectivity index (χ0v) is 10.8. The molecular formula is C9H15ClF3NO2S. The molecule has 102 valence electrons. The molecule has 0 aromatic heterocycles. The molecule has 1 aliphatic rings. The van der Waals surface area contributed by atoms with Gasteiger partial charge >= 0.3 is 6.18 Å². The Morgan fingerprint density at radius 2 is 2.00 bits per heavy atom. The molecule has 0 N–H and O–H groups in total. The highest BCUT2D eigenvalue weighted by Crippen LogP contribution is 2.24. The van der Waals surface area contributed by atoms with Crippen molar-refractivity contribution >= 4 is 21.6 Å². The van der Waals surface area contributed by atoms with Gasteiger partial charge in [-0.1, -0.05) is 0 Å². The second-order valence-corrected chi connectivity index (χ2v) is 6.60. The van der Waals surface area contributed by atoms with Crippen molar-refractivity contribution in [1.82, 2.24) is 4.31 Å². The number of nitrogens with zero attached hydrogens (tertiary/aromatic N) is 1. The van der Waals surface area contributed by atoms with Crippen molar-refractivity contribution in [3.8, 4) is 0 Å². The van der Waals surface area contributed by atoms with Gasteiger partial charge in [-0.25, -0.2) is 12.7 Å². The SMILES string of the molecule is O=S(=O)(CCCC(F)(F)F)N1CCC(CCl)C1. The predicted molar refractivity (Wildman–Crippen MR) is 59.5 cm³/mol. The molecule has 0 amide bonds. The van der Waals surface area contributed by atoms with Crippen molar-refractivity contribution in [3.05, 3.63) is 0 Å². The summed E-state index contributed by atoms with van der Waals surface area (Å²) in [5.74, 6) is 0.0601. The molecule has 1 atom stereocenters. The molecule has 1 rings (SSSR count). The van der Waals surface area contributed by atoms with Crippen LogP contribution >= 0.6 is 11.6 Å². The molecule has 1 heterocycles. The minimum Gasteiger partial charge on any atom is -0.212 e. The second-order valence-electron chi connectivity index (χ2n) is 4.20. The Kier molecular flexibility index (Phi) is 5.09. The number of hydrogen-bond acceptors (Lipinski definition) is 2. The van der Waals surface area contributed by atoms with E-state index in [9.17, 15) is 21.6 Å². The van der Waals surface area contributed by atoms with Crippen molar-refractivity contribution in [2.75, 3.05) is 24.7 Å². The van der Waals surface area contributed by atoms with E-state index < -0.39 is 28.4 Å². The summed E-state index contributed by atoms with van der Waals surface area (Å²) in [6.07, 6.45) is -5.05. The Labute approximate surface area is 104 Å². The predicted octanol–water partition coefficient (Wildman–Crippen LogP) is 2.22. The summed E-state index contributed by atoms with van der Waals surface area (Å²) < 4.78 is 60.3. The van der Waals surface area contributed by atoms with Crippen LogP contribution in [0.4, 0.5) is 13.2 Å². The van der Waals surface area contributed by atoms with Crippen LogP contribution in [-0.4, -0.2) is 43.6 Å². The van der Waals surface area contributed by atoms with Crippen LogP contribution in [0.3, 0.4) is 0 Å². The van der Waals surface area contributed by atoms with E-state index in [-0.39, 0.29) is 12.3 Å². The number of halogens is 4. The van der Waals surface area contributed by atoms with Gasteiger partial charge in [0.25, 0.3) is 0 Å². The fourth-order valence-corrected chi connectivity index (χ4v) is 3.60. The molecule has 8 heteroatoms. The molecule has 0 aromatic carbocycles. The smallest absolute Gasteiger partial charge is 0.212 e. The number of alkyl halides is 4. The first-order chi connectivity index (χ1) is 7.74. The topological polar surface area (TPSA) is 37.4 Å². The van der Waals surface area contributed by atoms with Gasteiger partial charge in [-0.2, -0.15) is 13.2 Å². The van der Waals surface area contributed by atoms with Gasteiger partial charge in [0.15, 0.2) is 0 Å². The van der Waals surface area contributed by atoms with Gasteiger partial charge in [0.05, 0.1) is 5.75 Å². The van der Waals surface area contributed by atoms with Gasteiger partial charge in [-0.15, -0.1) is 11.6 Å². The Balaban J connectivity index is 2.42. The van der Waals surface area contributed by atoms with E-state index >= 15 is 0 Å². The maximum atomic E-state index is 11.9. The maximum absolute atomic E-state index is 11.9. The van der Waals surface area contributed by atoms with Crippen LogP contribution in [0.15, 0.2) is 0 Å². The molecule has 0 aliphatic carbocycles. The normalized spacial score (nSPS) is 23.2. The third-order valence-corrected chi connectivity index (χ3v) is 5.08. The van der Waals surface area contributed by atoms with Crippen molar-refractivity contribution < 1.29 is 21.6 Å². The van der Waals surface area contributed by atoms with E-state index in [0.29, 0.717) is 25.4 Å². The van der Waals surface area contributed by atoms with Crippen molar-refractivity contribution in [2.24, 2.45) is 5.92 Å². The molecule has 0 aromatic rings. The number of rotatable bonds is 5. The average molecular weight is 294 g/mol. The largest absolute Gasteiger partial charge is 0.389 e. The van der Waals surface area contributed by atoms with Crippen molar-refractivity contribution in [1.29, 1.82) is 0 Å². The Bertz CT molecular complexity index is 345. The van der Waals surface area contributed by atoms with E-state index in [2.05, 4.69) is 0 Å². The van der Waals surface area contributed by atoms with Crippen LogP contribution in [0.2, 0.25) is 0 Å². The molecule has 0 spiro atoms. The summed E-state index contributed by atoms with van der Waals surface area (Å²) in [6.45, 7) is 0.698. The lowest BCUT2D eigenvalue weighted by atomic mass is 10.2. The van der Waals surface area contributed by atoms with E-state index in [0.717, 1.165) is 0 Å². The lowest BCUT2D eigenvalue weighted by Gasteiger charge is -2.16. The summed E-state index contributed by atoms with van der Waals surface area (Å²) in [5.41, 5.74) is 0. The average Bonchev–Trinajstić information content (AvgIpc) is 2.63. The first-order valence-corrected chi connectivity index (χ1v) is 7.49. The zero-order valence-electron chi connectivity index (χ0n) is 9.21. The Morgan fingerprint density at radius 1 is 1.35 bits per heavy atom. The summed E-state index contributed by atoms with van der Waals surface area (Å²) in [7, 11) is -3.55. The molecule has 1 aliphatic heterocycles. The molecule has 0 radical (unpaired) electrons. The quantitative estimate of drug-likeness (QED) is 0.729.